The minimum absolute atomic E-state index is 0.0878. The van der Waals surface area contributed by atoms with Crippen molar-refractivity contribution in [2.45, 2.75) is 6.18 Å². The number of aromatic nitrogens is 3. The molecule has 0 saturated carbocycles. The number of nitrogens with zero attached hydrogens (tertiary/aromatic N) is 2. The largest absolute Gasteiger partial charge is 0.416 e. The molecule has 0 fully saturated rings. The number of nitrogens with two attached hydrogens (primary N) is 1. The predicted molar refractivity (Wildman–Crippen MR) is 118 cm³/mol. The maximum atomic E-state index is 13.3. The molecule has 2 heterocycles. The zero-order valence-corrected chi connectivity index (χ0v) is 16.9. The molecule has 2 aromatic heterocycles. The lowest BCUT2D eigenvalue weighted by atomic mass is 10.0. The van der Waals surface area contributed by atoms with Gasteiger partial charge in [-0.05, 0) is 53.6 Å². The van der Waals surface area contributed by atoms with Crippen LogP contribution in [0, 0.1) is 0 Å². The number of halogens is 3. The molecule has 0 spiro atoms. The highest BCUT2D eigenvalue weighted by Crippen LogP contribution is 2.32. The van der Waals surface area contributed by atoms with Gasteiger partial charge in [-0.1, -0.05) is 24.3 Å². The third-order valence-electron chi connectivity index (χ3n) is 5.44. The number of carbonyl (C=O) groups excluding carboxylic acids is 1. The lowest BCUT2D eigenvalue weighted by molar-refractivity contribution is -0.137. The number of alkyl halides is 3. The quantitative estimate of drug-likeness (QED) is 0.421. The lowest BCUT2D eigenvalue weighted by Gasteiger charge is -2.11. The Balaban J connectivity index is 1.75. The lowest BCUT2D eigenvalue weighted by Crippen LogP contribution is -2.15. The van der Waals surface area contributed by atoms with E-state index in [1.165, 1.54) is 22.9 Å². The highest BCUT2D eigenvalue weighted by molar-refractivity contribution is 6.04. The molecule has 0 aliphatic carbocycles. The number of nitrogens with one attached hydrogen (secondary N) is 1. The van der Waals surface area contributed by atoms with Crippen molar-refractivity contribution in [2.75, 3.05) is 0 Å². The molecule has 5 aromatic rings. The Morgan fingerprint density at radius 3 is 2.39 bits per heavy atom. The van der Waals surface area contributed by atoms with Gasteiger partial charge in [0, 0.05) is 10.9 Å². The van der Waals surface area contributed by atoms with Crippen molar-refractivity contribution >= 4 is 27.8 Å². The monoisotopic (exact) mass is 448 g/mol. The van der Waals surface area contributed by atoms with Crippen LogP contribution in [0.1, 0.15) is 15.9 Å². The minimum Gasteiger partial charge on any atom is -0.366 e. The summed E-state index contributed by atoms with van der Waals surface area (Å²) in [4.78, 5) is 31.1. The van der Waals surface area contributed by atoms with Gasteiger partial charge in [-0.25, -0.2) is 4.79 Å². The van der Waals surface area contributed by atoms with Crippen LogP contribution in [0.3, 0.4) is 0 Å². The Morgan fingerprint density at radius 1 is 0.970 bits per heavy atom. The number of imidazole rings is 1. The summed E-state index contributed by atoms with van der Waals surface area (Å²) in [5.41, 5.74) is 7.28. The van der Waals surface area contributed by atoms with E-state index in [4.69, 9.17) is 5.73 Å². The third kappa shape index (κ3) is 3.53. The van der Waals surface area contributed by atoms with E-state index >= 15 is 0 Å². The summed E-state index contributed by atoms with van der Waals surface area (Å²) in [6, 6.07) is 16.7. The van der Waals surface area contributed by atoms with Crippen molar-refractivity contribution in [3.05, 3.63) is 94.5 Å². The van der Waals surface area contributed by atoms with Gasteiger partial charge >= 0.3 is 11.9 Å². The van der Waals surface area contributed by atoms with E-state index in [0.717, 1.165) is 23.3 Å². The molecule has 0 atom stereocenters. The van der Waals surface area contributed by atoms with Gasteiger partial charge in [0.05, 0.1) is 34.0 Å². The van der Waals surface area contributed by atoms with Crippen LogP contribution >= 0.6 is 0 Å². The smallest absolute Gasteiger partial charge is 0.366 e. The Labute approximate surface area is 184 Å². The van der Waals surface area contributed by atoms with Gasteiger partial charge < -0.3 is 10.7 Å². The van der Waals surface area contributed by atoms with Crippen LogP contribution < -0.4 is 11.4 Å². The number of H-pyrrole nitrogens is 1. The van der Waals surface area contributed by atoms with Crippen molar-refractivity contribution in [3.63, 3.8) is 0 Å². The van der Waals surface area contributed by atoms with Crippen molar-refractivity contribution in [1.82, 2.24) is 14.5 Å². The number of fused-ring (bicyclic) bond motifs is 3. The van der Waals surface area contributed by atoms with Crippen LogP contribution in [0.4, 0.5) is 13.2 Å². The number of amides is 1. The number of benzene rings is 3. The average molecular weight is 448 g/mol. The standard InChI is InChI=1S/C24H15F3N4O2/c25-24(26,27)16-2-1-3-17(11-16)31-21-18-10-15(13-4-6-14(7-5-13)22(28)32)8-9-19(18)29-12-20(21)30-23(31)33/h1-12H,(H2,28,32)(H,30,33). The number of aromatic amines is 1. The van der Waals surface area contributed by atoms with Crippen LogP contribution in [0.5, 0.6) is 0 Å². The van der Waals surface area contributed by atoms with Crippen molar-refractivity contribution in [3.8, 4) is 16.8 Å². The molecule has 6 nitrogen and oxygen atoms in total. The average Bonchev–Trinajstić information content (AvgIpc) is 3.14. The molecule has 0 radical (unpaired) electrons. The number of carbonyl (C=O) groups is 1. The summed E-state index contributed by atoms with van der Waals surface area (Å²) < 4.78 is 41.0. The van der Waals surface area contributed by atoms with Crippen LogP contribution in [-0.4, -0.2) is 20.4 Å². The van der Waals surface area contributed by atoms with Crippen molar-refractivity contribution in [2.24, 2.45) is 5.73 Å². The van der Waals surface area contributed by atoms with Crippen LogP contribution in [0.15, 0.2) is 77.7 Å². The molecular weight excluding hydrogens is 433 g/mol. The summed E-state index contributed by atoms with van der Waals surface area (Å²) in [6.45, 7) is 0. The summed E-state index contributed by atoms with van der Waals surface area (Å²) >= 11 is 0. The van der Waals surface area contributed by atoms with Crippen LogP contribution in [0.2, 0.25) is 0 Å². The second kappa shape index (κ2) is 7.33. The molecule has 3 aromatic carbocycles. The Morgan fingerprint density at radius 2 is 1.70 bits per heavy atom. The fourth-order valence-electron chi connectivity index (χ4n) is 3.86. The minimum atomic E-state index is -4.54. The molecule has 0 aliphatic rings. The summed E-state index contributed by atoms with van der Waals surface area (Å²) in [7, 11) is 0. The van der Waals surface area contributed by atoms with E-state index in [0.29, 0.717) is 27.5 Å². The summed E-state index contributed by atoms with van der Waals surface area (Å²) in [6.07, 6.45) is -3.07. The number of rotatable bonds is 3. The maximum absolute atomic E-state index is 13.3. The topological polar surface area (TPSA) is 93.8 Å². The van der Waals surface area contributed by atoms with Gasteiger partial charge in [0.25, 0.3) is 0 Å². The Kier molecular flexibility index (Phi) is 4.56. The van der Waals surface area contributed by atoms with Crippen LogP contribution in [0.25, 0.3) is 38.8 Å². The van der Waals surface area contributed by atoms with Gasteiger partial charge in [-0.2, -0.15) is 13.2 Å². The Bertz CT molecular complexity index is 1600. The first-order valence-electron chi connectivity index (χ1n) is 9.84. The molecule has 5 rings (SSSR count). The number of primary amides is 1. The zero-order chi connectivity index (χ0) is 23.3. The highest BCUT2D eigenvalue weighted by Gasteiger charge is 2.30. The third-order valence-corrected chi connectivity index (χ3v) is 5.44. The highest BCUT2D eigenvalue weighted by atomic mass is 19.4. The van der Waals surface area contributed by atoms with E-state index in [2.05, 4.69) is 9.97 Å². The van der Waals surface area contributed by atoms with E-state index in [9.17, 15) is 22.8 Å². The fourth-order valence-corrected chi connectivity index (χ4v) is 3.86. The molecule has 0 saturated heterocycles. The molecule has 33 heavy (non-hydrogen) atoms. The van der Waals surface area contributed by atoms with Crippen LogP contribution in [-0.2, 0) is 6.18 Å². The zero-order valence-electron chi connectivity index (χ0n) is 16.9. The SMILES string of the molecule is NC(=O)c1ccc(-c2ccc3ncc4[nH]c(=O)n(-c5cccc(C(F)(F)F)c5)c4c3c2)cc1. The number of pyridine rings is 1. The first kappa shape index (κ1) is 20.5. The van der Waals surface area contributed by atoms with Crippen molar-refractivity contribution < 1.29 is 18.0 Å². The van der Waals surface area contributed by atoms with E-state index in [1.54, 1.807) is 36.4 Å². The fraction of sp³-hybridized carbons (Fsp3) is 0.0417. The maximum Gasteiger partial charge on any atom is 0.416 e. The van der Waals surface area contributed by atoms with E-state index < -0.39 is 23.3 Å². The van der Waals surface area contributed by atoms with Gasteiger partial charge in [0.15, 0.2) is 0 Å². The normalized spacial score (nSPS) is 11.8. The molecule has 0 unspecified atom stereocenters. The van der Waals surface area contributed by atoms with E-state index in [-0.39, 0.29) is 5.69 Å². The second-order valence-electron chi connectivity index (χ2n) is 7.51. The van der Waals surface area contributed by atoms with Crippen molar-refractivity contribution in [1.29, 1.82) is 0 Å². The molecule has 164 valence electrons. The molecule has 0 aliphatic heterocycles. The first-order valence-corrected chi connectivity index (χ1v) is 9.84. The molecule has 1 amide bonds. The van der Waals surface area contributed by atoms with E-state index in [1.807, 2.05) is 6.07 Å². The first-order chi connectivity index (χ1) is 15.7. The number of hydrogen-bond donors (Lipinski definition) is 2. The molecular formula is C24H15F3N4O2. The Hall–Kier alpha value is -4.40. The second-order valence-corrected chi connectivity index (χ2v) is 7.51. The summed E-state index contributed by atoms with van der Waals surface area (Å²) in [5, 5.41) is 0.583. The van der Waals surface area contributed by atoms with Gasteiger partial charge in [0.2, 0.25) is 5.91 Å². The molecule has 3 N–H and O–H groups in total. The summed E-state index contributed by atoms with van der Waals surface area (Å²) in [5.74, 6) is -0.539. The predicted octanol–water partition coefficient (Wildman–Crippen LogP) is 4.65. The number of hydrogen-bond acceptors (Lipinski definition) is 3. The van der Waals surface area contributed by atoms with Gasteiger partial charge in [0.1, 0.15) is 0 Å². The molecule has 9 heteroatoms. The molecule has 0 bridgehead atoms. The van der Waals surface area contributed by atoms with Gasteiger partial charge in [-0.15, -0.1) is 0 Å². The van der Waals surface area contributed by atoms with Gasteiger partial charge in [-0.3, -0.25) is 14.3 Å².